The molecule has 2 amide bonds. The summed E-state index contributed by atoms with van der Waals surface area (Å²) in [6.45, 7) is 4.70. The van der Waals surface area contributed by atoms with E-state index >= 15 is 0 Å². The third-order valence-corrected chi connectivity index (χ3v) is 5.25. The van der Waals surface area contributed by atoms with Crippen molar-refractivity contribution in [1.29, 1.82) is 0 Å². The number of hydrogen-bond donors (Lipinski definition) is 0. The Morgan fingerprint density at radius 1 is 1.17 bits per heavy atom. The lowest BCUT2D eigenvalue weighted by Gasteiger charge is -2.27. The van der Waals surface area contributed by atoms with Gasteiger partial charge in [-0.05, 0) is 50.3 Å². The van der Waals surface area contributed by atoms with E-state index in [1.807, 2.05) is 13.8 Å². The SMILES string of the molecule is CC(C)N1C[C@@H](OCc2ccc(OC(F)(F)F)cc2)CN(C(=O)CC2CC2)CC1=O. The molecule has 0 spiro atoms. The summed E-state index contributed by atoms with van der Waals surface area (Å²) in [4.78, 5) is 28.5. The predicted molar refractivity (Wildman–Crippen MR) is 102 cm³/mol. The molecule has 3 rings (SSSR count). The Morgan fingerprint density at radius 3 is 2.40 bits per heavy atom. The Morgan fingerprint density at radius 2 is 1.83 bits per heavy atom. The van der Waals surface area contributed by atoms with Crippen LogP contribution in [-0.2, 0) is 20.9 Å². The van der Waals surface area contributed by atoms with Crippen molar-refractivity contribution in [3.8, 4) is 5.75 Å². The highest BCUT2D eigenvalue weighted by Gasteiger charge is 2.34. The van der Waals surface area contributed by atoms with Gasteiger partial charge in [-0.1, -0.05) is 12.1 Å². The lowest BCUT2D eigenvalue weighted by atomic mass is 10.2. The molecule has 6 nitrogen and oxygen atoms in total. The van der Waals surface area contributed by atoms with Crippen LogP contribution in [-0.4, -0.2) is 59.8 Å². The Balaban J connectivity index is 1.62. The van der Waals surface area contributed by atoms with Crippen LogP contribution >= 0.6 is 0 Å². The molecular weight excluding hydrogens is 401 g/mol. The number of ether oxygens (including phenoxy) is 2. The zero-order valence-electron chi connectivity index (χ0n) is 17.2. The molecule has 0 unspecified atom stereocenters. The molecule has 1 saturated heterocycles. The van der Waals surface area contributed by atoms with Crippen LogP contribution in [0.2, 0.25) is 0 Å². The second-order valence-electron chi connectivity index (χ2n) is 8.19. The van der Waals surface area contributed by atoms with Crippen LogP contribution in [0.4, 0.5) is 13.2 Å². The average molecular weight is 428 g/mol. The molecule has 0 N–H and O–H groups in total. The van der Waals surface area contributed by atoms with Crippen LogP contribution in [0.3, 0.4) is 0 Å². The first-order valence-corrected chi connectivity index (χ1v) is 10.1. The molecular formula is C21H27F3N2O4. The van der Waals surface area contributed by atoms with Crippen molar-refractivity contribution in [2.24, 2.45) is 5.92 Å². The molecule has 1 aliphatic carbocycles. The molecule has 0 radical (unpaired) electrons. The number of nitrogens with zero attached hydrogens (tertiary/aromatic N) is 2. The number of carbonyl (C=O) groups is 2. The second-order valence-corrected chi connectivity index (χ2v) is 8.19. The summed E-state index contributed by atoms with van der Waals surface area (Å²) in [6.07, 6.45) is -2.54. The van der Waals surface area contributed by atoms with Gasteiger partial charge in [0.1, 0.15) is 5.75 Å². The van der Waals surface area contributed by atoms with Gasteiger partial charge in [0.2, 0.25) is 11.8 Å². The van der Waals surface area contributed by atoms with Crippen molar-refractivity contribution < 1.29 is 32.2 Å². The van der Waals surface area contributed by atoms with Crippen molar-refractivity contribution >= 4 is 11.8 Å². The molecule has 9 heteroatoms. The van der Waals surface area contributed by atoms with Gasteiger partial charge < -0.3 is 19.3 Å². The van der Waals surface area contributed by atoms with Gasteiger partial charge in [-0.15, -0.1) is 13.2 Å². The highest BCUT2D eigenvalue weighted by atomic mass is 19.4. The number of halogens is 3. The van der Waals surface area contributed by atoms with Gasteiger partial charge in [-0.3, -0.25) is 9.59 Å². The Kier molecular flexibility index (Phi) is 6.90. The maximum atomic E-state index is 12.6. The smallest absolute Gasteiger partial charge is 0.406 e. The highest BCUT2D eigenvalue weighted by Crippen LogP contribution is 2.33. The molecule has 1 saturated carbocycles. The molecule has 1 atom stereocenters. The number of amides is 2. The standard InChI is InChI=1S/C21H27F3N2O4/c1-14(2)26-11-18(10-25(12-20(26)28)19(27)9-15-3-4-15)29-13-16-5-7-17(8-6-16)30-21(22,23)24/h5-8,14-15,18H,3-4,9-13H2,1-2H3/t18-/m0/s1. The molecule has 0 bridgehead atoms. The van der Waals surface area contributed by atoms with Crippen LogP contribution < -0.4 is 4.74 Å². The zero-order valence-corrected chi connectivity index (χ0v) is 17.2. The molecule has 1 heterocycles. The molecule has 1 aliphatic heterocycles. The first-order chi connectivity index (χ1) is 14.1. The van der Waals surface area contributed by atoms with Gasteiger partial charge in [0.25, 0.3) is 0 Å². The number of alkyl halides is 3. The largest absolute Gasteiger partial charge is 0.573 e. The minimum absolute atomic E-state index is 0.0270. The van der Waals surface area contributed by atoms with Crippen LogP contribution in [0, 0.1) is 5.92 Å². The Hall–Kier alpha value is -2.29. The third-order valence-electron chi connectivity index (χ3n) is 5.25. The van der Waals surface area contributed by atoms with Gasteiger partial charge in [-0.2, -0.15) is 0 Å². The minimum atomic E-state index is -4.73. The topological polar surface area (TPSA) is 59.1 Å². The maximum Gasteiger partial charge on any atom is 0.573 e. The molecule has 166 valence electrons. The van der Waals surface area contributed by atoms with Crippen LogP contribution in [0.5, 0.6) is 5.75 Å². The fourth-order valence-corrected chi connectivity index (χ4v) is 3.44. The normalized spacial score (nSPS) is 20.5. The Bertz CT molecular complexity index is 748. The van der Waals surface area contributed by atoms with Crippen molar-refractivity contribution in [2.75, 3.05) is 19.6 Å². The summed E-state index contributed by atoms with van der Waals surface area (Å²) in [5.74, 6) is -0.00407. The fourth-order valence-electron chi connectivity index (χ4n) is 3.44. The minimum Gasteiger partial charge on any atom is -0.406 e. The van der Waals surface area contributed by atoms with Crippen LogP contribution in [0.15, 0.2) is 24.3 Å². The summed E-state index contributed by atoms with van der Waals surface area (Å²) in [5.41, 5.74) is 0.673. The van der Waals surface area contributed by atoms with E-state index in [0.29, 0.717) is 31.0 Å². The number of rotatable bonds is 7. The average Bonchev–Trinajstić information content (AvgIpc) is 3.47. The van der Waals surface area contributed by atoms with Gasteiger partial charge in [-0.25, -0.2) is 0 Å². The van der Waals surface area contributed by atoms with Crippen molar-refractivity contribution in [3.63, 3.8) is 0 Å². The monoisotopic (exact) mass is 428 g/mol. The third kappa shape index (κ3) is 6.62. The summed E-state index contributed by atoms with van der Waals surface area (Å²) in [5, 5.41) is 0. The first kappa shape index (κ1) is 22.4. The summed E-state index contributed by atoms with van der Waals surface area (Å²) in [7, 11) is 0. The van der Waals surface area contributed by atoms with Crippen molar-refractivity contribution in [1.82, 2.24) is 9.80 Å². The van der Waals surface area contributed by atoms with Crippen molar-refractivity contribution in [2.45, 2.75) is 58.2 Å². The number of hydrogen-bond acceptors (Lipinski definition) is 4. The lowest BCUT2D eigenvalue weighted by molar-refractivity contribution is -0.274. The van der Waals surface area contributed by atoms with Gasteiger partial charge >= 0.3 is 6.36 Å². The fraction of sp³-hybridized carbons (Fsp3) is 0.619. The number of carbonyl (C=O) groups excluding carboxylic acids is 2. The summed E-state index contributed by atoms with van der Waals surface area (Å²) < 4.78 is 46.7. The molecule has 1 aromatic rings. The van der Waals surface area contributed by atoms with E-state index in [-0.39, 0.29) is 42.9 Å². The van der Waals surface area contributed by atoms with E-state index in [0.717, 1.165) is 12.8 Å². The highest BCUT2D eigenvalue weighted by molar-refractivity contribution is 5.85. The molecule has 2 fully saturated rings. The summed E-state index contributed by atoms with van der Waals surface area (Å²) in [6, 6.07) is 5.43. The molecule has 1 aromatic carbocycles. The summed E-state index contributed by atoms with van der Waals surface area (Å²) >= 11 is 0. The van der Waals surface area contributed by atoms with E-state index in [4.69, 9.17) is 4.74 Å². The van der Waals surface area contributed by atoms with E-state index in [2.05, 4.69) is 4.74 Å². The second kappa shape index (κ2) is 9.24. The quantitative estimate of drug-likeness (QED) is 0.668. The molecule has 30 heavy (non-hydrogen) atoms. The van der Waals surface area contributed by atoms with Crippen LogP contribution in [0.1, 0.15) is 38.7 Å². The van der Waals surface area contributed by atoms with E-state index in [1.54, 1.807) is 9.80 Å². The van der Waals surface area contributed by atoms with Gasteiger partial charge in [0.15, 0.2) is 0 Å². The zero-order chi connectivity index (χ0) is 21.9. The lowest BCUT2D eigenvalue weighted by Crippen LogP contribution is -2.42. The predicted octanol–water partition coefficient (Wildman–Crippen LogP) is 3.35. The van der Waals surface area contributed by atoms with Gasteiger partial charge in [0.05, 0.1) is 19.3 Å². The van der Waals surface area contributed by atoms with Crippen LogP contribution in [0.25, 0.3) is 0 Å². The maximum absolute atomic E-state index is 12.6. The molecule has 0 aromatic heterocycles. The van der Waals surface area contributed by atoms with E-state index < -0.39 is 6.36 Å². The van der Waals surface area contributed by atoms with E-state index in [9.17, 15) is 22.8 Å². The number of benzene rings is 1. The molecule has 2 aliphatic rings. The van der Waals surface area contributed by atoms with Gasteiger partial charge in [0, 0.05) is 25.6 Å². The van der Waals surface area contributed by atoms with Crippen molar-refractivity contribution in [3.05, 3.63) is 29.8 Å². The Labute approximate surface area is 173 Å². The van der Waals surface area contributed by atoms with E-state index in [1.165, 1.54) is 24.3 Å². The first-order valence-electron chi connectivity index (χ1n) is 10.1.